The standard InChI is InChI=1S/C18H29N3O3/c1-14(24-13-17-7-3-4-11-23-17)18(22)20-9-5-6-16(12-20)21-10-8-19-15(21)2/h8,10,14,16-17H,3-7,9,11-13H2,1-2H3/t14-,16+,17+/m0/s1. The summed E-state index contributed by atoms with van der Waals surface area (Å²) in [6, 6.07) is 0.319. The van der Waals surface area contributed by atoms with Gasteiger partial charge in [0.15, 0.2) is 0 Å². The van der Waals surface area contributed by atoms with Gasteiger partial charge in [-0.25, -0.2) is 4.98 Å². The highest BCUT2D eigenvalue weighted by molar-refractivity contribution is 5.80. The zero-order valence-electron chi connectivity index (χ0n) is 14.8. The van der Waals surface area contributed by atoms with E-state index in [1.807, 2.05) is 31.1 Å². The lowest BCUT2D eigenvalue weighted by Gasteiger charge is -2.35. The molecule has 0 radical (unpaired) electrons. The van der Waals surface area contributed by atoms with Crippen molar-refractivity contribution in [1.82, 2.24) is 14.5 Å². The van der Waals surface area contributed by atoms with Crippen LogP contribution in [-0.2, 0) is 14.3 Å². The molecule has 2 fully saturated rings. The number of ether oxygens (including phenoxy) is 2. The number of carbonyl (C=O) groups is 1. The average molecular weight is 335 g/mol. The Bertz CT molecular complexity index is 539. The van der Waals surface area contributed by atoms with Crippen molar-refractivity contribution in [2.45, 2.75) is 64.2 Å². The van der Waals surface area contributed by atoms with Crippen LogP contribution in [0, 0.1) is 6.92 Å². The van der Waals surface area contributed by atoms with Crippen LogP contribution < -0.4 is 0 Å². The van der Waals surface area contributed by atoms with Gasteiger partial charge in [0, 0.05) is 32.1 Å². The van der Waals surface area contributed by atoms with Gasteiger partial charge in [0.2, 0.25) is 0 Å². The Labute approximate surface area is 144 Å². The Balaban J connectivity index is 1.50. The van der Waals surface area contributed by atoms with Crippen molar-refractivity contribution < 1.29 is 14.3 Å². The normalized spacial score (nSPS) is 26.3. The molecule has 1 amide bonds. The highest BCUT2D eigenvalue weighted by Crippen LogP contribution is 2.23. The molecule has 3 atom stereocenters. The molecule has 134 valence electrons. The second-order valence-electron chi connectivity index (χ2n) is 6.93. The minimum absolute atomic E-state index is 0.0910. The fourth-order valence-corrected chi connectivity index (χ4v) is 3.67. The van der Waals surface area contributed by atoms with Crippen molar-refractivity contribution in [3.05, 3.63) is 18.2 Å². The SMILES string of the molecule is Cc1nccn1[C@@H]1CCCN(C(=O)[C@H](C)OC[C@H]2CCCCO2)C1. The number of hydrogen-bond acceptors (Lipinski definition) is 4. The molecule has 0 saturated carbocycles. The van der Waals surface area contributed by atoms with Crippen LogP contribution in [0.4, 0.5) is 0 Å². The molecule has 24 heavy (non-hydrogen) atoms. The first kappa shape index (κ1) is 17.4. The summed E-state index contributed by atoms with van der Waals surface area (Å²) >= 11 is 0. The summed E-state index contributed by atoms with van der Waals surface area (Å²) in [4.78, 5) is 18.9. The number of piperidine rings is 1. The minimum atomic E-state index is -0.404. The zero-order valence-corrected chi connectivity index (χ0v) is 14.8. The van der Waals surface area contributed by atoms with E-state index in [-0.39, 0.29) is 12.0 Å². The molecule has 3 heterocycles. The number of amides is 1. The molecule has 0 aliphatic carbocycles. The summed E-state index contributed by atoms with van der Waals surface area (Å²) in [6.45, 7) is 6.76. The summed E-state index contributed by atoms with van der Waals surface area (Å²) < 4.78 is 13.7. The summed E-state index contributed by atoms with van der Waals surface area (Å²) in [5, 5.41) is 0. The van der Waals surface area contributed by atoms with Crippen LogP contribution in [-0.4, -0.2) is 58.9 Å². The van der Waals surface area contributed by atoms with E-state index in [1.54, 1.807) is 0 Å². The van der Waals surface area contributed by atoms with Gasteiger partial charge in [-0.3, -0.25) is 4.79 Å². The quantitative estimate of drug-likeness (QED) is 0.829. The highest BCUT2D eigenvalue weighted by atomic mass is 16.5. The molecule has 0 spiro atoms. The molecular weight excluding hydrogens is 306 g/mol. The largest absolute Gasteiger partial charge is 0.376 e. The van der Waals surface area contributed by atoms with E-state index in [1.165, 1.54) is 6.42 Å². The van der Waals surface area contributed by atoms with Crippen molar-refractivity contribution in [3.63, 3.8) is 0 Å². The van der Waals surface area contributed by atoms with Crippen LogP contribution in [0.2, 0.25) is 0 Å². The lowest BCUT2D eigenvalue weighted by atomic mass is 10.0. The van der Waals surface area contributed by atoms with Gasteiger partial charge in [-0.15, -0.1) is 0 Å². The zero-order chi connectivity index (χ0) is 16.9. The van der Waals surface area contributed by atoms with Crippen LogP contribution in [0.3, 0.4) is 0 Å². The molecule has 3 rings (SSSR count). The maximum absolute atomic E-state index is 12.7. The van der Waals surface area contributed by atoms with E-state index >= 15 is 0 Å². The van der Waals surface area contributed by atoms with Crippen LogP contribution in [0.5, 0.6) is 0 Å². The molecule has 0 aromatic carbocycles. The second kappa shape index (κ2) is 8.12. The molecule has 6 nitrogen and oxygen atoms in total. The van der Waals surface area contributed by atoms with Crippen LogP contribution in [0.1, 0.15) is 50.9 Å². The van der Waals surface area contributed by atoms with Crippen LogP contribution >= 0.6 is 0 Å². The first-order valence-electron chi connectivity index (χ1n) is 9.16. The average Bonchev–Trinajstić information content (AvgIpc) is 3.06. The van der Waals surface area contributed by atoms with Crippen molar-refractivity contribution in [3.8, 4) is 0 Å². The third-order valence-electron chi connectivity index (χ3n) is 5.12. The highest BCUT2D eigenvalue weighted by Gasteiger charge is 2.29. The van der Waals surface area contributed by atoms with E-state index < -0.39 is 6.10 Å². The number of rotatable bonds is 5. The minimum Gasteiger partial charge on any atom is -0.376 e. The molecule has 0 N–H and O–H groups in total. The number of hydrogen-bond donors (Lipinski definition) is 0. The van der Waals surface area contributed by atoms with Gasteiger partial charge in [-0.05, 0) is 46.0 Å². The van der Waals surface area contributed by atoms with E-state index in [0.29, 0.717) is 12.6 Å². The predicted molar refractivity (Wildman–Crippen MR) is 90.8 cm³/mol. The van der Waals surface area contributed by atoms with Gasteiger partial charge in [0.25, 0.3) is 5.91 Å². The monoisotopic (exact) mass is 335 g/mol. The molecule has 1 aromatic rings. The predicted octanol–water partition coefficient (Wildman–Crippen LogP) is 2.33. The van der Waals surface area contributed by atoms with Crippen molar-refractivity contribution >= 4 is 5.91 Å². The maximum atomic E-state index is 12.7. The summed E-state index contributed by atoms with van der Waals surface area (Å²) in [5.41, 5.74) is 0. The third-order valence-corrected chi connectivity index (χ3v) is 5.12. The van der Waals surface area contributed by atoms with Gasteiger partial charge in [-0.1, -0.05) is 0 Å². The first-order valence-corrected chi connectivity index (χ1v) is 9.16. The van der Waals surface area contributed by atoms with E-state index in [9.17, 15) is 4.79 Å². The van der Waals surface area contributed by atoms with Crippen LogP contribution in [0.25, 0.3) is 0 Å². The lowest BCUT2D eigenvalue weighted by molar-refractivity contribution is -0.147. The fraction of sp³-hybridized carbons (Fsp3) is 0.778. The van der Waals surface area contributed by atoms with E-state index in [4.69, 9.17) is 9.47 Å². The van der Waals surface area contributed by atoms with Crippen LogP contribution in [0.15, 0.2) is 12.4 Å². The Morgan fingerprint density at radius 3 is 3.00 bits per heavy atom. The van der Waals surface area contributed by atoms with Gasteiger partial charge in [-0.2, -0.15) is 0 Å². The molecule has 2 aliphatic rings. The number of aromatic nitrogens is 2. The van der Waals surface area contributed by atoms with Gasteiger partial charge in [0.1, 0.15) is 11.9 Å². The first-order chi connectivity index (χ1) is 11.6. The molecule has 2 saturated heterocycles. The Morgan fingerprint density at radius 2 is 2.29 bits per heavy atom. The molecule has 1 aromatic heterocycles. The van der Waals surface area contributed by atoms with Gasteiger partial charge >= 0.3 is 0 Å². The van der Waals surface area contributed by atoms with Gasteiger partial charge in [0.05, 0.1) is 18.8 Å². The smallest absolute Gasteiger partial charge is 0.251 e. The topological polar surface area (TPSA) is 56.6 Å². The Morgan fingerprint density at radius 1 is 1.42 bits per heavy atom. The summed E-state index contributed by atoms with van der Waals surface area (Å²) in [7, 11) is 0. The van der Waals surface area contributed by atoms with Crippen molar-refractivity contribution in [1.29, 1.82) is 0 Å². The molecule has 6 heteroatoms. The summed E-state index contributed by atoms with van der Waals surface area (Å²) in [5.74, 6) is 1.10. The number of imidazole rings is 1. The number of carbonyl (C=O) groups excluding carboxylic acids is 1. The van der Waals surface area contributed by atoms with E-state index in [2.05, 4.69) is 9.55 Å². The summed E-state index contributed by atoms with van der Waals surface area (Å²) in [6.07, 6.45) is 9.04. The number of nitrogens with zero attached hydrogens (tertiary/aromatic N) is 3. The third kappa shape index (κ3) is 4.16. The molecule has 2 aliphatic heterocycles. The molecule has 0 bridgehead atoms. The fourth-order valence-electron chi connectivity index (χ4n) is 3.67. The van der Waals surface area contributed by atoms with Crippen molar-refractivity contribution in [2.75, 3.05) is 26.3 Å². The van der Waals surface area contributed by atoms with Crippen molar-refractivity contribution in [2.24, 2.45) is 0 Å². The maximum Gasteiger partial charge on any atom is 0.251 e. The molecular formula is C18H29N3O3. The number of likely N-dealkylation sites (tertiary alicyclic amines) is 1. The lowest BCUT2D eigenvalue weighted by Crippen LogP contribution is -2.46. The number of aryl methyl sites for hydroxylation is 1. The van der Waals surface area contributed by atoms with E-state index in [0.717, 1.165) is 51.2 Å². The Kier molecular flexibility index (Phi) is 5.89. The Hall–Kier alpha value is -1.40. The molecule has 0 unspecified atom stereocenters. The van der Waals surface area contributed by atoms with Gasteiger partial charge < -0.3 is 18.9 Å². The second-order valence-corrected chi connectivity index (χ2v) is 6.93.